The molecule has 2 N–H and O–H groups in total. The van der Waals surface area contributed by atoms with Gasteiger partial charge in [-0.25, -0.2) is 0 Å². The van der Waals surface area contributed by atoms with Gasteiger partial charge in [0, 0.05) is 39.2 Å². The molecule has 2 atom stereocenters. The molecule has 5 heteroatoms. The first-order chi connectivity index (χ1) is 10.3. The minimum absolute atomic E-state index is 0.0160. The van der Waals surface area contributed by atoms with Crippen LogP contribution in [0.5, 0.6) is 11.5 Å². The van der Waals surface area contributed by atoms with Gasteiger partial charge in [0.15, 0.2) is 11.5 Å². The molecule has 0 saturated carbocycles. The van der Waals surface area contributed by atoms with Crippen molar-refractivity contribution in [3.63, 3.8) is 0 Å². The molecule has 0 bridgehead atoms. The highest BCUT2D eigenvalue weighted by molar-refractivity contribution is 5.44. The SMILES string of the molecule is COC1CCN(CC(N)c2ccc3c(c2)OCCCO3)C1. The zero-order chi connectivity index (χ0) is 14.7. The van der Waals surface area contributed by atoms with Crippen LogP contribution >= 0.6 is 0 Å². The Kier molecular flexibility index (Phi) is 4.63. The minimum Gasteiger partial charge on any atom is -0.490 e. The summed E-state index contributed by atoms with van der Waals surface area (Å²) in [7, 11) is 1.78. The summed E-state index contributed by atoms with van der Waals surface area (Å²) in [6, 6.07) is 6.02. The van der Waals surface area contributed by atoms with Crippen LogP contribution in [-0.4, -0.2) is 51.0 Å². The largest absolute Gasteiger partial charge is 0.490 e. The van der Waals surface area contributed by atoms with Gasteiger partial charge in [0.25, 0.3) is 0 Å². The summed E-state index contributed by atoms with van der Waals surface area (Å²) < 4.78 is 16.8. The van der Waals surface area contributed by atoms with E-state index in [2.05, 4.69) is 4.90 Å². The Hall–Kier alpha value is -1.30. The summed E-state index contributed by atoms with van der Waals surface area (Å²) in [5.41, 5.74) is 7.45. The molecule has 1 aromatic rings. The molecule has 21 heavy (non-hydrogen) atoms. The van der Waals surface area contributed by atoms with Crippen molar-refractivity contribution in [2.45, 2.75) is 25.0 Å². The summed E-state index contributed by atoms with van der Waals surface area (Å²) in [4.78, 5) is 2.36. The molecule has 1 fully saturated rings. The van der Waals surface area contributed by atoms with Crippen LogP contribution in [0.25, 0.3) is 0 Å². The number of rotatable bonds is 4. The average molecular weight is 292 g/mol. The van der Waals surface area contributed by atoms with Crippen LogP contribution in [0.2, 0.25) is 0 Å². The summed E-state index contributed by atoms with van der Waals surface area (Å²) in [6.45, 7) is 4.28. The lowest BCUT2D eigenvalue weighted by Gasteiger charge is -2.21. The van der Waals surface area contributed by atoms with Crippen LogP contribution in [0.1, 0.15) is 24.4 Å². The molecule has 0 radical (unpaired) electrons. The van der Waals surface area contributed by atoms with Gasteiger partial charge in [0.05, 0.1) is 19.3 Å². The number of hydrogen-bond acceptors (Lipinski definition) is 5. The summed E-state index contributed by atoms with van der Waals surface area (Å²) in [5, 5.41) is 0. The number of nitrogens with zero attached hydrogens (tertiary/aromatic N) is 1. The second-order valence-electron chi connectivity index (χ2n) is 5.77. The van der Waals surface area contributed by atoms with Gasteiger partial charge in [-0.3, -0.25) is 4.90 Å². The molecule has 0 spiro atoms. The second-order valence-corrected chi connectivity index (χ2v) is 5.77. The molecular weight excluding hydrogens is 268 g/mol. The molecule has 2 heterocycles. The number of ether oxygens (including phenoxy) is 3. The summed E-state index contributed by atoms with van der Waals surface area (Å²) in [6.07, 6.45) is 2.35. The normalized spacial score (nSPS) is 23.8. The van der Waals surface area contributed by atoms with E-state index in [-0.39, 0.29) is 6.04 Å². The van der Waals surface area contributed by atoms with Gasteiger partial charge in [-0.05, 0) is 24.1 Å². The van der Waals surface area contributed by atoms with Gasteiger partial charge >= 0.3 is 0 Å². The molecule has 3 rings (SSSR count). The number of benzene rings is 1. The number of nitrogens with two attached hydrogens (primary N) is 1. The minimum atomic E-state index is -0.0160. The highest BCUT2D eigenvalue weighted by atomic mass is 16.5. The predicted octanol–water partition coefficient (Wildman–Crippen LogP) is 1.57. The summed E-state index contributed by atoms with van der Waals surface area (Å²) >= 11 is 0. The Labute approximate surface area is 126 Å². The van der Waals surface area contributed by atoms with Gasteiger partial charge in [-0.1, -0.05) is 6.07 Å². The van der Waals surface area contributed by atoms with Crippen molar-refractivity contribution in [2.24, 2.45) is 5.73 Å². The molecule has 5 nitrogen and oxygen atoms in total. The van der Waals surface area contributed by atoms with E-state index in [9.17, 15) is 0 Å². The van der Waals surface area contributed by atoms with E-state index in [0.717, 1.165) is 49.5 Å². The van der Waals surface area contributed by atoms with Gasteiger partial charge < -0.3 is 19.9 Å². The zero-order valence-corrected chi connectivity index (χ0v) is 12.6. The van der Waals surface area contributed by atoms with Crippen LogP contribution in [0.15, 0.2) is 18.2 Å². The van der Waals surface area contributed by atoms with Crippen LogP contribution in [0.3, 0.4) is 0 Å². The van der Waals surface area contributed by atoms with Crippen LogP contribution in [0.4, 0.5) is 0 Å². The van der Waals surface area contributed by atoms with Crippen LogP contribution in [-0.2, 0) is 4.74 Å². The Morgan fingerprint density at radius 1 is 1.33 bits per heavy atom. The fraction of sp³-hybridized carbons (Fsp3) is 0.625. The molecule has 0 aliphatic carbocycles. The second kappa shape index (κ2) is 6.64. The zero-order valence-electron chi connectivity index (χ0n) is 12.6. The Bertz CT molecular complexity index is 481. The van der Waals surface area contributed by atoms with Crippen LogP contribution < -0.4 is 15.2 Å². The fourth-order valence-electron chi connectivity index (χ4n) is 2.95. The summed E-state index contributed by atoms with van der Waals surface area (Å²) in [5.74, 6) is 1.64. The molecule has 0 aromatic heterocycles. The monoisotopic (exact) mass is 292 g/mol. The van der Waals surface area contributed by atoms with E-state index < -0.39 is 0 Å². The Morgan fingerprint density at radius 3 is 2.90 bits per heavy atom. The standard InChI is InChI=1S/C16H24N2O3/c1-19-13-5-6-18(10-13)11-14(17)12-3-4-15-16(9-12)21-8-2-7-20-15/h3-4,9,13-14H,2,5-8,10-11,17H2,1H3. The van der Waals surface area contributed by atoms with Crippen molar-refractivity contribution in [1.82, 2.24) is 4.90 Å². The third kappa shape index (κ3) is 3.48. The maximum atomic E-state index is 6.36. The average Bonchev–Trinajstić information content (AvgIpc) is 2.82. The van der Waals surface area contributed by atoms with Gasteiger partial charge in [0.1, 0.15) is 0 Å². The number of methoxy groups -OCH3 is 1. The number of hydrogen-bond donors (Lipinski definition) is 1. The maximum Gasteiger partial charge on any atom is 0.161 e. The number of fused-ring (bicyclic) bond motifs is 1. The highest BCUT2D eigenvalue weighted by Crippen LogP contribution is 2.32. The Balaban J connectivity index is 1.64. The van der Waals surface area contributed by atoms with Crippen molar-refractivity contribution in [1.29, 1.82) is 0 Å². The quantitative estimate of drug-likeness (QED) is 0.913. The fourth-order valence-corrected chi connectivity index (χ4v) is 2.95. The van der Waals surface area contributed by atoms with E-state index in [1.165, 1.54) is 0 Å². The lowest BCUT2D eigenvalue weighted by atomic mass is 10.1. The first-order valence-corrected chi connectivity index (χ1v) is 7.66. The first kappa shape index (κ1) is 14.6. The third-order valence-corrected chi connectivity index (χ3v) is 4.22. The van der Waals surface area contributed by atoms with E-state index in [0.29, 0.717) is 19.3 Å². The first-order valence-electron chi connectivity index (χ1n) is 7.66. The molecule has 2 aliphatic rings. The lowest BCUT2D eigenvalue weighted by Crippen LogP contribution is -2.31. The van der Waals surface area contributed by atoms with Crippen LogP contribution in [0, 0.1) is 0 Å². The van der Waals surface area contributed by atoms with Crippen molar-refractivity contribution in [2.75, 3.05) is 40.0 Å². The molecular formula is C16H24N2O3. The molecule has 0 amide bonds. The molecule has 2 unspecified atom stereocenters. The van der Waals surface area contributed by atoms with Gasteiger partial charge in [-0.2, -0.15) is 0 Å². The lowest BCUT2D eigenvalue weighted by molar-refractivity contribution is 0.107. The smallest absolute Gasteiger partial charge is 0.161 e. The van der Waals surface area contributed by atoms with E-state index in [4.69, 9.17) is 19.9 Å². The van der Waals surface area contributed by atoms with Crippen molar-refractivity contribution in [3.8, 4) is 11.5 Å². The topological polar surface area (TPSA) is 57.0 Å². The van der Waals surface area contributed by atoms with Crippen molar-refractivity contribution < 1.29 is 14.2 Å². The Morgan fingerprint density at radius 2 is 2.14 bits per heavy atom. The molecule has 2 aliphatic heterocycles. The molecule has 1 saturated heterocycles. The molecule has 1 aromatic carbocycles. The number of likely N-dealkylation sites (tertiary alicyclic amines) is 1. The van der Waals surface area contributed by atoms with Gasteiger partial charge in [0.2, 0.25) is 0 Å². The van der Waals surface area contributed by atoms with E-state index >= 15 is 0 Å². The maximum absolute atomic E-state index is 6.36. The third-order valence-electron chi connectivity index (χ3n) is 4.22. The van der Waals surface area contributed by atoms with E-state index in [1.807, 2.05) is 18.2 Å². The molecule has 116 valence electrons. The predicted molar refractivity (Wildman–Crippen MR) is 80.8 cm³/mol. The van der Waals surface area contributed by atoms with Crippen molar-refractivity contribution >= 4 is 0 Å². The van der Waals surface area contributed by atoms with E-state index in [1.54, 1.807) is 7.11 Å². The van der Waals surface area contributed by atoms with Gasteiger partial charge in [-0.15, -0.1) is 0 Å². The van der Waals surface area contributed by atoms with Crippen molar-refractivity contribution in [3.05, 3.63) is 23.8 Å². The highest BCUT2D eigenvalue weighted by Gasteiger charge is 2.24.